The van der Waals surface area contributed by atoms with Gasteiger partial charge in [-0.25, -0.2) is 4.39 Å². The summed E-state index contributed by atoms with van der Waals surface area (Å²) in [5.41, 5.74) is 4.44. The molecule has 0 aliphatic heterocycles. The first-order valence-electron chi connectivity index (χ1n) is 9.29. The Morgan fingerprint density at radius 1 is 0.857 bits per heavy atom. The Balaban J connectivity index is 1.36. The summed E-state index contributed by atoms with van der Waals surface area (Å²) >= 11 is 0. The average Bonchev–Trinajstić information content (AvgIpc) is 3.18. The molecule has 0 aliphatic carbocycles. The molecular weight excluding hydrogens is 353 g/mol. The molecule has 0 spiro atoms. The highest BCUT2D eigenvalue weighted by molar-refractivity contribution is 5.64. The van der Waals surface area contributed by atoms with Crippen molar-refractivity contribution in [2.75, 3.05) is 0 Å². The fourth-order valence-electron chi connectivity index (χ4n) is 3.16. The average molecular weight is 373 g/mol. The number of hydrogen-bond donors (Lipinski definition) is 0. The fraction of sp³-hybridized carbons (Fsp3) is 0.174. The lowest BCUT2D eigenvalue weighted by Gasteiger charge is -2.05. The molecule has 0 bridgehead atoms. The Hall–Kier alpha value is -3.34. The van der Waals surface area contributed by atoms with Crippen molar-refractivity contribution in [3.8, 4) is 22.6 Å². The molecule has 4 rings (SSSR count). The molecular formula is C23H20FN3O. The second-order valence-corrected chi connectivity index (χ2v) is 6.67. The molecule has 0 fully saturated rings. The van der Waals surface area contributed by atoms with E-state index in [0.717, 1.165) is 29.7 Å². The third kappa shape index (κ3) is 3.98. The zero-order valence-electron chi connectivity index (χ0n) is 15.6. The number of benzene rings is 2. The van der Waals surface area contributed by atoms with E-state index in [1.165, 1.54) is 11.6 Å². The lowest BCUT2D eigenvalue weighted by Crippen LogP contribution is -1.91. The number of hydrogen-bond acceptors (Lipinski definition) is 4. The zero-order chi connectivity index (χ0) is 19.3. The summed E-state index contributed by atoms with van der Waals surface area (Å²) in [6.07, 6.45) is 4.24. The topological polar surface area (TPSA) is 51.8 Å². The van der Waals surface area contributed by atoms with Crippen LogP contribution in [0.25, 0.3) is 22.6 Å². The van der Waals surface area contributed by atoms with E-state index in [9.17, 15) is 4.39 Å². The van der Waals surface area contributed by atoms with Crippen molar-refractivity contribution in [3.05, 3.63) is 89.8 Å². The SMILES string of the molecule is Cc1ncccc1-c1nnc(CCCc2ccc(-c3ccccc3F)cc2)o1. The van der Waals surface area contributed by atoms with Gasteiger partial charge in [0.05, 0.1) is 5.56 Å². The van der Waals surface area contributed by atoms with Crippen molar-refractivity contribution >= 4 is 0 Å². The summed E-state index contributed by atoms with van der Waals surface area (Å²) in [5, 5.41) is 8.28. The van der Waals surface area contributed by atoms with Gasteiger partial charge in [0.1, 0.15) is 5.82 Å². The predicted molar refractivity (Wildman–Crippen MR) is 106 cm³/mol. The van der Waals surface area contributed by atoms with Crippen LogP contribution in [0.2, 0.25) is 0 Å². The van der Waals surface area contributed by atoms with Crippen molar-refractivity contribution in [2.45, 2.75) is 26.2 Å². The van der Waals surface area contributed by atoms with E-state index < -0.39 is 0 Å². The van der Waals surface area contributed by atoms with Crippen molar-refractivity contribution in [1.29, 1.82) is 0 Å². The van der Waals surface area contributed by atoms with Gasteiger partial charge in [-0.05, 0) is 49.1 Å². The number of rotatable bonds is 6. The first-order chi connectivity index (χ1) is 13.7. The van der Waals surface area contributed by atoms with Crippen LogP contribution in [-0.2, 0) is 12.8 Å². The second kappa shape index (κ2) is 8.13. The maximum Gasteiger partial charge on any atom is 0.249 e. The highest BCUT2D eigenvalue weighted by atomic mass is 19.1. The summed E-state index contributed by atoms with van der Waals surface area (Å²) in [6, 6.07) is 18.6. The molecule has 28 heavy (non-hydrogen) atoms. The van der Waals surface area contributed by atoms with Crippen LogP contribution >= 0.6 is 0 Å². The Labute approximate surface area is 163 Å². The Kier molecular flexibility index (Phi) is 5.24. The molecule has 4 aromatic rings. The van der Waals surface area contributed by atoms with Crippen LogP contribution in [0.4, 0.5) is 4.39 Å². The monoisotopic (exact) mass is 373 g/mol. The number of aryl methyl sites for hydroxylation is 3. The highest BCUT2D eigenvalue weighted by Gasteiger charge is 2.11. The smallest absolute Gasteiger partial charge is 0.249 e. The fourth-order valence-corrected chi connectivity index (χ4v) is 3.16. The molecule has 0 saturated carbocycles. The van der Waals surface area contributed by atoms with Crippen LogP contribution in [-0.4, -0.2) is 15.2 Å². The van der Waals surface area contributed by atoms with Crippen LogP contribution in [0.5, 0.6) is 0 Å². The maximum absolute atomic E-state index is 13.9. The highest BCUT2D eigenvalue weighted by Crippen LogP contribution is 2.24. The van der Waals surface area contributed by atoms with E-state index in [1.54, 1.807) is 18.3 Å². The van der Waals surface area contributed by atoms with Gasteiger partial charge >= 0.3 is 0 Å². The van der Waals surface area contributed by atoms with Gasteiger partial charge < -0.3 is 4.42 Å². The summed E-state index contributed by atoms with van der Waals surface area (Å²) in [6.45, 7) is 1.92. The first-order valence-corrected chi connectivity index (χ1v) is 9.29. The molecule has 2 aromatic heterocycles. The Morgan fingerprint density at radius 2 is 1.64 bits per heavy atom. The number of aromatic nitrogens is 3. The van der Waals surface area contributed by atoms with Crippen LogP contribution in [0.15, 0.2) is 71.3 Å². The van der Waals surface area contributed by atoms with Gasteiger partial charge in [0.15, 0.2) is 0 Å². The summed E-state index contributed by atoms with van der Waals surface area (Å²) < 4.78 is 19.7. The molecule has 0 atom stereocenters. The molecule has 2 heterocycles. The molecule has 140 valence electrons. The third-order valence-corrected chi connectivity index (χ3v) is 4.70. The van der Waals surface area contributed by atoms with Gasteiger partial charge in [0.25, 0.3) is 0 Å². The molecule has 0 aliphatic rings. The van der Waals surface area contributed by atoms with Gasteiger partial charge in [-0.2, -0.15) is 0 Å². The van der Waals surface area contributed by atoms with Crippen molar-refractivity contribution in [2.24, 2.45) is 0 Å². The summed E-state index contributed by atoms with van der Waals surface area (Å²) in [7, 11) is 0. The third-order valence-electron chi connectivity index (χ3n) is 4.70. The minimum absolute atomic E-state index is 0.202. The normalized spacial score (nSPS) is 10.9. The van der Waals surface area contributed by atoms with Gasteiger partial charge in [-0.3, -0.25) is 4.98 Å². The lowest BCUT2D eigenvalue weighted by atomic mass is 10.0. The zero-order valence-corrected chi connectivity index (χ0v) is 15.6. The Bertz CT molecular complexity index is 1070. The van der Waals surface area contributed by atoms with Gasteiger partial charge in [0.2, 0.25) is 11.8 Å². The molecule has 0 unspecified atom stereocenters. The predicted octanol–water partition coefficient (Wildman–Crippen LogP) is 5.42. The van der Waals surface area contributed by atoms with E-state index in [2.05, 4.69) is 15.2 Å². The van der Waals surface area contributed by atoms with E-state index >= 15 is 0 Å². The van der Waals surface area contributed by atoms with Crippen molar-refractivity contribution in [1.82, 2.24) is 15.2 Å². The van der Waals surface area contributed by atoms with Gasteiger partial charge in [-0.15, -0.1) is 10.2 Å². The minimum atomic E-state index is -0.202. The maximum atomic E-state index is 13.9. The molecule has 2 aromatic carbocycles. The molecule has 0 N–H and O–H groups in total. The van der Waals surface area contributed by atoms with Gasteiger partial charge in [0, 0.05) is 23.9 Å². The number of nitrogens with zero attached hydrogens (tertiary/aromatic N) is 3. The quantitative estimate of drug-likeness (QED) is 0.453. The molecule has 0 saturated heterocycles. The van der Waals surface area contributed by atoms with E-state index in [1.807, 2.05) is 49.4 Å². The molecule has 0 amide bonds. The molecule has 4 nitrogen and oxygen atoms in total. The largest absolute Gasteiger partial charge is 0.421 e. The summed E-state index contributed by atoms with van der Waals surface area (Å²) in [4.78, 5) is 4.25. The number of pyridine rings is 1. The number of halogens is 1. The van der Waals surface area contributed by atoms with Crippen LogP contribution in [0.1, 0.15) is 23.6 Å². The van der Waals surface area contributed by atoms with Crippen molar-refractivity contribution in [3.63, 3.8) is 0 Å². The second-order valence-electron chi connectivity index (χ2n) is 6.67. The standard InChI is InChI=1S/C23H20FN3O/c1-16-19(8-5-15-25-16)23-27-26-22(28-23)10-4-6-17-11-13-18(14-12-17)20-7-2-3-9-21(20)24/h2-3,5,7-9,11-15H,4,6,10H2,1H3. The lowest BCUT2D eigenvalue weighted by molar-refractivity contribution is 0.497. The minimum Gasteiger partial charge on any atom is -0.421 e. The van der Waals surface area contributed by atoms with Gasteiger partial charge in [-0.1, -0.05) is 42.5 Å². The van der Waals surface area contributed by atoms with Crippen molar-refractivity contribution < 1.29 is 8.81 Å². The van der Waals surface area contributed by atoms with E-state index in [4.69, 9.17) is 4.42 Å². The van der Waals surface area contributed by atoms with Crippen LogP contribution in [0.3, 0.4) is 0 Å². The van der Waals surface area contributed by atoms with Crippen LogP contribution < -0.4 is 0 Å². The summed E-state index contributed by atoms with van der Waals surface area (Å²) in [5.74, 6) is 0.933. The van der Waals surface area contributed by atoms with Crippen LogP contribution in [0, 0.1) is 12.7 Å². The van der Waals surface area contributed by atoms with E-state index in [-0.39, 0.29) is 5.82 Å². The Morgan fingerprint density at radius 3 is 2.43 bits per heavy atom. The first kappa shape index (κ1) is 18.0. The van der Waals surface area contributed by atoms with E-state index in [0.29, 0.717) is 23.8 Å². The molecule has 5 heteroatoms. The molecule has 0 radical (unpaired) electrons.